The number of urea groups is 1. The third-order valence-corrected chi connectivity index (χ3v) is 4.26. The van der Waals surface area contributed by atoms with Crippen molar-refractivity contribution in [2.24, 2.45) is 5.92 Å². The van der Waals surface area contributed by atoms with Crippen molar-refractivity contribution in [1.82, 2.24) is 25.0 Å². The third-order valence-electron chi connectivity index (χ3n) is 4.26. The highest BCUT2D eigenvalue weighted by Gasteiger charge is 2.42. The normalized spacial score (nSPS) is 21.8. The van der Waals surface area contributed by atoms with Gasteiger partial charge >= 0.3 is 12.2 Å². The molecular formula is C13H18F3N5O. The molecule has 0 saturated carbocycles. The number of piperidine rings is 1. The van der Waals surface area contributed by atoms with Crippen LogP contribution in [0.25, 0.3) is 0 Å². The Morgan fingerprint density at radius 2 is 2.09 bits per heavy atom. The molecule has 0 bridgehead atoms. The van der Waals surface area contributed by atoms with Gasteiger partial charge in [-0.3, -0.25) is 0 Å². The highest BCUT2D eigenvalue weighted by molar-refractivity contribution is 5.74. The van der Waals surface area contributed by atoms with E-state index in [1.165, 1.54) is 4.90 Å². The maximum absolute atomic E-state index is 12.8. The summed E-state index contributed by atoms with van der Waals surface area (Å²) in [6.07, 6.45) is -1.90. The minimum atomic E-state index is -4.24. The van der Waals surface area contributed by atoms with E-state index in [1.807, 2.05) is 4.57 Å². The number of aromatic nitrogens is 3. The molecule has 1 saturated heterocycles. The molecule has 0 aliphatic carbocycles. The van der Waals surface area contributed by atoms with Gasteiger partial charge in [-0.2, -0.15) is 13.2 Å². The number of nitrogens with zero attached hydrogens (tertiary/aromatic N) is 4. The lowest BCUT2D eigenvalue weighted by molar-refractivity contribution is -0.184. The first kappa shape index (κ1) is 15.1. The van der Waals surface area contributed by atoms with Gasteiger partial charge in [-0.25, -0.2) is 4.79 Å². The molecule has 1 N–H and O–H groups in total. The Morgan fingerprint density at radius 3 is 2.86 bits per heavy atom. The van der Waals surface area contributed by atoms with Crippen molar-refractivity contribution in [1.29, 1.82) is 0 Å². The fourth-order valence-electron chi connectivity index (χ4n) is 3.04. The van der Waals surface area contributed by atoms with Gasteiger partial charge in [0.1, 0.15) is 5.82 Å². The van der Waals surface area contributed by atoms with Crippen LogP contribution in [0.3, 0.4) is 0 Å². The average molecular weight is 317 g/mol. The Labute approximate surface area is 125 Å². The number of nitrogens with one attached hydrogen (secondary N) is 1. The predicted molar refractivity (Wildman–Crippen MR) is 70.9 cm³/mol. The summed E-state index contributed by atoms with van der Waals surface area (Å²) in [6.45, 7) is 1.11. The SMILES string of the molecule is O=C(NCc1nnc2n1CCC2)N1CCC[C@@H](C(F)(F)F)C1. The van der Waals surface area contributed by atoms with E-state index in [-0.39, 0.29) is 19.5 Å². The van der Waals surface area contributed by atoms with E-state index < -0.39 is 18.1 Å². The number of fused-ring (bicyclic) bond motifs is 1. The Kier molecular flexibility index (Phi) is 3.96. The van der Waals surface area contributed by atoms with Crippen LogP contribution in [0.15, 0.2) is 0 Å². The van der Waals surface area contributed by atoms with Gasteiger partial charge in [-0.1, -0.05) is 0 Å². The van der Waals surface area contributed by atoms with Gasteiger partial charge in [0.25, 0.3) is 0 Å². The lowest BCUT2D eigenvalue weighted by atomic mass is 9.98. The molecule has 0 spiro atoms. The summed E-state index contributed by atoms with van der Waals surface area (Å²) in [7, 11) is 0. The number of halogens is 3. The second-order valence-electron chi connectivity index (χ2n) is 5.77. The maximum atomic E-state index is 12.8. The van der Waals surface area contributed by atoms with E-state index in [2.05, 4.69) is 15.5 Å². The lowest BCUT2D eigenvalue weighted by Crippen LogP contribution is -2.48. The molecule has 2 amide bonds. The van der Waals surface area contributed by atoms with Crippen LogP contribution < -0.4 is 5.32 Å². The van der Waals surface area contributed by atoms with Crippen LogP contribution in [0, 0.1) is 5.92 Å². The number of alkyl halides is 3. The first-order valence-electron chi connectivity index (χ1n) is 7.45. The highest BCUT2D eigenvalue weighted by atomic mass is 19.4. The standard InChI is InChI=1S/C13H18F3N5O/c14-13(15,16)9-3-1-5-20(8-9)12(22)17-7-11-19-18-10-4-2-6-21(10)11/h9H,1-8H2,(H,17,22)/t9-/m1/s1. The Hall–Kier alpha value is -1.80. The molecule has 22 heavy (non-hydrogen) atoms. The van der Waals surface area contributed by atoms with E-state index >= 15 is 0 Å². The molecule has 0 radical (unpaired) electrons. The molecule has 2 aliphatic heterocycles. The monoisotopic (exact) mass is 317 g/mol. The Morgan fingerprint density at radius 1 is 1.27 bits per heavy atom. The first-order chi connectivity index (χ1) is 10.4. The second kappa shape index (κ2) is 5.77. The van der Waals surface area contributed by atoms with Crippen LogP contribution >= 0.6 is 0 Å². The van der Waals surface area contributed by atoms with Crippen LogP contribution in [0.5, 0.6) is 0 Å². The molecule has 0 unspecified atom stereocenters. The van der Waals surface area contributed by atoms with E-state index in [4.69, 9.17) is 0 Å². The number of aryl methyl sites for hydroxylation is 1. The molecule has 3 rings (SSSR count). The zero-order chi connectivity index (χ0) is 15.7. The summed E-state index contributed by atoms with van der Waals surface area (Å²) < 4.78 is 40.2. The summed E-state index contributed by atoms with van der Waals surface area (Å²) >= 11 is 0. The van der Waals surface area contributed by atoms with E-state index in [0.717, 1.165) is 25.2 Å². The molecule has 2 aliphatic rings. The molecule has 122 valence electrons. The van der Waals surface area contributed by atoms with E-state index in [0.29, 0.717) is 18.8 Å². The molecule has 6 nitrogen and oxygen atoms in total. The molecule has 1 fully saturated rings. The number of hydrogen-bond acceptors (Lipinski definition) is 3. The van der Waals surface area contributed by atoms with E-state index in [1.54, 1.807) is 0 Å². The van der Waals surface area contributed by atoms with Crippen molar-refractivity contribution in [3.8, 4) is 0 Å². The summed E-state index contributed by atoms with van der Waals surface area (Å²) in [4.78, 5) is 13.3. The number of hydrogen-bond donors (Lipinski definition) is 1. The number of likely N-dealkylation sites (tertiary alicyclic amines) is 1. The second-order valence-corrected chi connectivity index (χ2v) is 5.77. The molecule has 3 heterocycles. The summed E-state index contributed by atoms with van der Waals surface area (Å²) in [5.41, 5.74) is 0. The molecule has 1 aromatic rings. The number of amides is 2. The van der Waals surface area contributed by atoms with E-state index in [9.17, 15) is 18.0 Å². The topological polar surface area (TPSA) is 63.1 Å². The largest absolute Gasteiger partial charge is 0.393 e. The highest BCUT2D eigenvalue weighted by Crippen LogP contribution is 2.33. The van der Waals surface area contributed by atoms with Gasteiger partial charge in [0.05, 0.1) is 12.5 Å². The van der Waals surface area contributed by atoms with Gasteiger partial charge in [-0.15, -0.1) is 10.2 Å². The van der Waals surface area contributed by atoms with Crippen LogP contribution in [0.1, 0.15) is 30.9 Å². The Bertz CT molecular complexity index is 556. The fraction of sp³-hybridized carbons (Fsp3) is 0.769. The van der Waals surface area contributed by atoms with Gasteiger partial charge in [0.2, 0.25) is 0 Å². The van der Waals surface area contributed by atoms with Crippen molar-refractivity contribution in [2.75, 3.05) is 13.1 Å². The summed E-state index contributed by atoms with van der Waals surface area (Å²) in [5, 5.41) is 10.7. The van der Waals surface area contributed by atoms with Gasteiger partial charge in [0.15, 0.2) is 5.82 Å². The fourth-order valence-corrected chi connectivity index (χ4v) is 3.04. The van der Waals surface area contributed by atoms with Crippen LogP contribution in [0.2, 0.25) is 0 Å². The zero-order valence-electron chi connectivity index (χ0n) is 12.1. The summed E-state index contributed by atoms with van der Waals surface area (Å²) in [5.74, 6) is 0.133. The lowest BCUT2D eigenvalue weighted by Gasteiger charge is -2.33. The smallest absolute Gasteiger partial charge is 0.331 e. The molecule has 1 aromatic heterocycles. The molecule has 1 atom stereocenters. The minimum Gasteiger partial charge on any atom is -0.331 e. The van der Waals surface area contributed by atoms with Crippen LogP contribution in [-0.2, 0) is 19.5 Å². The molecule has 0 aromatic carbocycles. The van der Waals surface area contributed by atoms with Crippen LogP contribution in [0.4, 0.5) is 18.0 Å². The number of rotatable bonds is 2. The maximum Gasteiger partial charge on any atom is 0.393 e. The predicted octanol–water partition coefficient (Wildman–Crippen LogP) is 1.71. The van der Waals surface area contributed by atoms with Gasteiger partial charge in [0, 0.05) is 26.1 Å². The molecular weight excluding hydrogens is 299 g/mol. The quantitative estimate of drug-likeness (QED) is 0.903. The Balaban J connectivity index is 1.55. The van der Waals surface area contributed by atoms with Gasteiger partial charge in [-0.05, 0) is 19.3 Å². The number of carbonyl (C=O) groups excluding carboxylic acids is 1. The van der Waals surface area contributed by atoms with Crippen molar-refractivity contribution >= 4 is 6.03 Å². The van der Waals surface area contributed by atoms with Crippen molar-refractivity contribution in [3.05, 3.63) is 11.6 Å². The average Bonchev–Trinajstić information content (AvgIpc) is 3.07. The van der Waals surface area contributed by atoms with Crippen LogP contribution in [-0.4, -0.2) is 45.0 Å². The van der Waals surface area contributed by atoms with Crippen molar-refractivity contribution < 1.29 is 18.0 Å². The third kappa shape index (κ3) is 3.02. The minimum absolute atomic E-state index is 0.0883. The molecule has 9 heteroatoms. The van der Waals surface area contributed by atoms with Gasteiger partial charge < -0.3 is 14.8 Å². The summed E-state index contributed by atoms with van der Waals surface area (Å²) in [6, 6.07) is -0.468. The first-order valence-corrected chi connectivity index (χ1v) is 7.45. The van der Waals surface area contributed by atoms with Crippen molar-refractivity contribution in [2.45, 2.75) is 44.9 Å². The zero-order valence-corrected chi connectivity index (χ0v) is 12.1. The number of carbonyl (C=O) groups is 1. The van der Waals surface area contributed by atoms with Crippen molar-refractivity contribution in [3.63, 3.8) is 0 Å².